The van der Waals surface area contributed by atoms with Gasteiger partial charge < -0.3 is 46.7 Å². The highest BCUT2D eigenvalue weighted by Gasteiger charge is 2.31. The molecule has 2 aromatic carbocycles. The van der Waals surface area contributed by atoms with Crippen LogP contribution in [0.25, 0.3) is 22.5 Å². The lowest BCUT2D eigenvalue weighted by Gasteiger charge is -2.24. The van der Waals surface area contributed by atoms with E-state index in [0.29, 0.717) is 12.8 Å². The molecule has 0 saturated heterocycles. The van der Waals surface area contributed by atoms with Crippen LogP contribution in [0, 0.1) is 11.8 Å². The lowest BCUT2D eigenvalue weighted by Crippen LogP contribution is -2.47. The van der Waals surface area contributed by atoms with Crippen molar-refractivity contribution in [3.63, 3.8) is 0 Å². The molecule has 8 atom stereocenters. The van der Waals surface area contributed by atoms with E-state index >= 15 is 0 Å². The SMILES string of the molecule is CC(C)CC(C(=O)N[C@@H](C)C(=O)CNS(=O)(=O)c1ccccn1)c1cccc(-c2ccccn2)c1.CC(C)CC(C(=O)N[C@@H](C)C(=O)CNS(=O)(=O)c1ccccn1)c1cccc(-c2ccccn2)c1.C[C@H](NC(=O)OC(C)(C)C)C(O)CN.C[C@H](NC(=O)OC(C)(C)C)C(O)CNS(=O)(=O)c1ccccn1.O=S(=O)(Cl)c1ccccn1. The van der Waals surface area contributed by atoms with Crippen LogP contribution < -0.4 is 41.2 Å². The molecule has 0 saturated carbocycles. The maximum absolute atomic E-state index is 13.2. The average Bonchev–Trinajstić information content (AvgIpc) is 1.06. The first-order valence-electron chi connectivity index (χ1n) is 37.0. The molecule has 0 radical (unpaired) electrons. The number of nitrogens with two attached hydrogens (primary N) is 1. The molecule has 636 valence electrons. The maximum Gasteiger partial charge on any atom is 0.407 e. The Balaban J connectivity index is 0.000000328. The summed E-state index contributed by atoms with van der Waals surface area (Å²) in [5.74, 6) is -1.96. The molecule has 4 amide bonds. The van der Waals surface area contributed by atoms with Crippen LogP contribution in [-0.2, 0) is 67.8 Å². The van der Waals surface area contributed by atoms with Gasteiger partial charge in [-0.05, 0) is 190 Å². The van der Waals surface area contributed by atoms with E-state index in [0.717, 1.165) is 33.6 Å². The minimum atomic E-state index is -3.92. The number of ether oxygens (including phenoxy) is 2. The molecule has 11 N–H and O–H groups in total. The molecule has 0 aliphatic heterocycles. The Kier molecular flexibility index (Phi) is 40.3. The van der Waals surface area contributed by atoms with Gasteiger partial charge >= 0.3 is 12.2 Å². The molecule has 117 heavy (non-hydrogen) atoms. The van der Waals surface area contributed by atoms with Crippen molar-refractivity contribution in [1.29, 1.82) is 0 Å². The molecule has 0 bridgehead atoms. The van der Waals surface area contributed by atoms with Crippen LogP contribution >= 0.6 is 10.7 Å². The van der Waals surface area contributed by atoms with Crippen LogP contribution in [0.3, 0.4) is 0 Å². The lowest BCUT2D eigenvalue weighted by molar-refractivity contribution is -0.128. The van der Waals surface area contributed by atoms with Gasteiger partial charge in [-0.3, -0.25) is 29.1 Å². The number of carbonyl (C=O) groups is 6. The molecule has 0 aliphatic rings. The van der Waals surface area contributed by atoms with Crippen molar-refractivity contribution in [2.24, 2.45) is 17.6 Å². The van der Waals surface area contributed by atoms with Gasteiger partial charge in [-0.1, -0.05) is 100 Å². The highest BCUT2D eigenvalue weighted by molar-refractivity contribution is 8.13. The smallest absolute Gasteiger partial charge is 0.407 e. The third-order valence-corrected chi connectivity index (χ3v) is 21.3. The van der Waals surface area contributed by atoms with E-state index in [1.54, 1.807) is 130 Å². The maximum atomic E-state index is 13.2. The Morgan fingerprint density at radius 2 is 0.735 bits per heavy atom. The first-order chi connectivity index (χ1) is 54.7. The number of pyridine rings is 6. The number of nitrogens with zero attached hydrogens (tertiary/aromatic N) is 6. The van der Waals surface area contributed by atoms with E-state index in [4.69, 9.17) is 25.9 Å². The molecule has 6 heterocycles. The number of hydrogen-bond acceptors (Lipinski definition) is 25. The average molecular weight is 1720 g/mol. The number of aromatic nitrogens is 6. The number of rotatable bonds is 32. The number of hydrogen-bond donors (Lipinski definition) is 10. The van der Waals surface area contributed by atoms with Crippen molar-refractivity contribution < 1.29 is 82.1 Å². The normalized spacial score (nSPS) is 13.7. The summed E-state index contributed by atoms with van der Waals surface area (Å²) in [5, 5.41) is 29.1. The zero-order valence-electron chi connectivity index (χ0n) is 67.7. The third kappa shape index (κ3) is 37.0. The van der Waals surface area contributed by atoms with Crippen molar-refractivity contribution in [3.8, 4) is 22.5 Å². The van der Waals surface area contributed by atoms with Crippen LogP contribution in [0.2, 0.25) is 0 Å². The van der Waals surface area contributed by atoms with Gasteiger partial charge in [0.1, 0.15) is 11.2 Å². The molecule has 8 rings (SSSR count). The molecule has 0 spiro atoms. The number of nitrogens with one attached hydrogen (secondary N) is 7. The largest absolute Gasteiger partial charge is 0.444 e. The van der Waals surface area contributed by atoms with Crippen LogP contribution in [0.5, 0.6) is 0 Å². The Labute approximate surface area is 690 Å². The van der Waals surface area contributed by atoms with E-state index in [-0.39, 0.29) is 56.8 Å². The highest BCUT2D eigenvalue weighted by Crippen LogP contribution is 2.30. The topological polar surface area (TPSA) is 485 Å². The fourth-order valence-electron chi connectivity index (χ4n) is 10.0. The number of alkyl carbamates (subject to hydrolysis) is 2. The van der Waals surface area contributed by atoms with Crippen molar-refractivity contribution in [1.82, 2.24) is 65.3 Å². The summed E-state index contributed by atoms with van der Waals surface area (Å²) >= 11 is 0. The Morgan fingerprint density at radius 1 is 0.419 bits per heavy atom. The number of Topliss-reactive ketones (excluding diaryl/α,β-unsaturated/α-hetero) is 2. The summed E-state index contributed by atoms with van der Waals surface area (Å²) in [7, 11) is -10.3. The number of sulfonamides is 3. The number of aliphatic hydroxyl groups excluding tert-OH is 2. The molecular formula is C80H107ClN14O18S4. The van der Waals surface area contributed by atoms with Gasteiger partial charge in [0.2, 0.25) is 11.8 Å². The highest BCUT2D eigenvalue weighted by atomic mass is 35.7. The van der Waals surface area contributed by atoms with E-state index in [1.807, 2.05) is 113 Å². The van der Waals surface area contributed by atoms with Gasteiger partial charge in [0.05, 0.1) is 72.7 Å². The zero-order valence-corrected chi connectivity index (χ0v) is 71.7. The molecule has 37 heteroatoms. The minimum Gasteiger partial charge on any atom is -0.444 e. The van der Waals surface area contributed by atoms with Gasteiger partial charge in [0.25, 0.3) is 39.1 Å². The van der Waals surface area contributed by atoms with E-state index in [1.165, 1.54) is 49.1 Å². The molecule has 0 aliphatic carbocycles. The van der Waals surface area contributed by atoms with Crippen LogP contribution in [0.1, 0.15) is 133 Å². The standard InChI is InChI=1S/2C26H30N4O4S.C14H23N3O5S.C9H20N2O3.C5H4ClNO2S/c2*1-18(2)15-22(20-9-8-10-21(16-20)23-11-4-6-13-27-23)26(32)30-19(3)24(31)17-29-35(33,34)25-12-5-7-14-28-25;1-10(17-13(19)22-14(2,3)4)11(18)9-16-23(20,21)12-7-5-6-8-15-12;1-6(7(12)5-10)11-8(13)14-9(2,3)4;6-10(8,9)5-3-1-2-4-7-5/h2*4-14,16,18-19,22,29H,15,17H2,1-3H3,(H,30,32);5-8,10-11,16,18H,9H2,1-4H3,(H,17,19);6-7,12H,5,10H2,1-4H3,(H,11,13);1-4H/t2*19-,22?;10-,11?;6-,7?;/m0000./s1. The van der Waals surface area contributed by atoms with E-state index < -0.39 is 135 Å². The fraction of sp³-hybridized carbons (Fsp3) is 0.400. The van der Waals surface area contributed by atoms with Crippen molar-refractivity contribution in [3.05, 3.63) is 206 Å². The summed E-state index contributed by atoms with van der Waals surface area (Å²) in [6, 6.07) is 41.8. The fourth-order valence-corrected chi connectivity index (χ4v) is 13.6. The second-order valence-corrected chi connectivity index (χ2v) is 36.9. The van der Waals surface area contributed by atoms with E-state index in [2.05, 4.69) is 65.3 Å². The van der Waals surface area contributed by atoms with Gasteiger partial charge in [-0.15, -0.1) is 0 Å². The van der Waals surface area contributed by atoms with Crippen molar-refractivity contribution in [2.45, 2.75) is 189 Å². The first kappa shape index (κ1) is 99.4. The number of carbonyl (C=O) groups excluding carboxylic acids is 6. The molecular weight excluding hydrogens is 1610 g/mol. The Bertz CT molecular complexity index is 4720. The second kappa shape index (κ2) is 47.4. The van der Waals surface area contributed by atoms with Gasteiger partial charge in [0, 0.05) is 72.1 Å². The van der Waals surface area contributed by atoms with Crippen LogP contribution in [-0.4, -0.2) is 183 Å². The second-order valence-electron chi connectivity index (χ2n) is 29.3. The zero-order chi connectivity index (χ0) is 87.5. The van der Waals surface area contributed by atoms with Crippen LogP contribution in [0.4, 0.5) is 9.59 Å². The molecule has 8 aromatic rings. The number of amides is 4. The van der Waals surface area contributed by atoms with Crippen molar-refractivity contribution >= 4 is 85.4 Å². The molecule has 4 unspecified atom stereocenters. The molecule has 32 nitrogen and oxygen atoms in total. The number of benzene rings is 2. The summed E-state index contributed by atoms with van der Waals surface area (Å²) in [5.41, 5.74) is 9.12. The molecule has 0 fully saturated rings. The third-order valence-electron chi connectivity index (χ3n) is 16.1. The van der Waals surface area contributed by atoms with Crippen molar-refractivity contribution in [2.75, 3.05) is 26.2 Å². The summed E-state index contributed by atoms with van der Waals surface area (Å²) in [6.07, 6.45) is 6.96. The number of ketones is 2. The van der Waals surface area contributed by atoms with Gasteiger partial charge in [0.15, 0.2) is 31.7 Å². The molecule has 6 aromatic heterocycles. The lowest BCUT2D eigenvalue weighted by atomic mass is 9.88. The Morgan fingerprint density at radius 3 is 1.02 bits per heavy atom. The number of aliphatic hydroxyl groups is 2. The summed E-state index contributed by atoms with van der Waals surface area (Å²) < 4.78 is 111. The predicted octanol–water partition coefficient (Wildman–Crippen LogP) is 8.51. The van der Waals surface area contributed by atoms with Gasteiger partial charge in [-0.25, -0.2) is 77.4 Å². The van der Waals surface area contributed by atoms with E-state index in [9.17, 15) is 72.7 Å². The summed E-state index contributed by atoms with van der Waals surface area (Å²) in [6.45, 7) is 23.8. The first-order valence-corrected chi connectivity index (χ1v) is 43.8. The van der Waals surface area contributed by atoms with Crippen LogP contribution in [0.15, 0.2) is 215 Å². The quantitative estimate of drug-likeness (QED) is 0.0176. The minimum absolute atomic E-state index is 0.108. The Hall–Kier alpha value is -9.99. The monoisotopic (exact) mass is 1710 g/mol. The van der Waals surface area contributed by atoms with Gasteiger partial charge in [-0.2, -0.15) is 0 Å². The number of halogens is 1. The summed E-state index contributed by atoms with van der Waals surface area (Å²) in [4.78, 5) is 98.1. The predicted molar refractivity (Wildman–Crippen MR) is 443 cm³/mol.